The number of ether oxygens (including phenoxy) is 2. The van der Waals surface area contributed by atoms with E-state index in [0.717, 1.165) is 0 Å². The molecule has 2 aliphatic rings. The van der Waals surface area contributed by atoms with E-state index in [0.29, 0.717) is 0 Å². The molecule has 0 aromatic heterocycles. The summed E-state index contributed by atoms with van der Waals surface area (Å²) in [6.45, 7) is 8.50. The quantitative estimate of drug-likeness (QED) is 0.149. The molecule has 50 heavy (non-hydrogen) atoms. The first-order chi connectivity index (χ1) is 23.3. The van der Waals surface area contributed by atoms with Crippen molar-refractivity contribution >= 4 is 45.0 Å². The highest BCUT2D eigenvalue weighted by atomic mass is 16.5. The molecule has 0 heterocycles. The van der Waals surface area contributed by atoms with Crippen LogP contribution in [0.15, 0.2) is 36.4 Å². The largest absolute Gasteiger partial charge is 0.507 e. The Bertz CT molecular complexity index is 2010. The highest BCUT2D eigenvalue weighted by molar-refractivity contribution is 6.13. The first-order valence-corrected chi connectivity index (χ1v) is 16.2. The van der Waals surface area contributed by atoms with Gasteiger partial charge in [-0.2, -0.15) is 0 Å². The number of carbonyl (C=O) groups excluding carboxylic acids is 4. The molecule has 0 bridgehead atoms. The van der Waals surface area contributed by atoms with Crippen LogP contribution in [0.4, 0.5) is 0 Å². The second-order valence-electron chi connectivity index (χ2n) is 14.0. The van der Waals surface area contributed by atoms with Gasteiger partial charge in [0, 0.05) is 37.8 Å². The smallest absolute Gasteiger partial charge is 0.302 e. The van der Waals surface area contributed by atoms with Crippen molar-refractivity contribution in [2.75, 3.05) is 0 Å². The lowest BCUT2D eigenvalue weighted by Gasteiger charge is -2.41. The van der Waals surface area contributed by atoms with Crippen molar-refractivity contribution in [3.63, 3.8) is 0 Å². The molecule has 0 saturated carbocycles. The molecule has 12 nitrogen and oxygen atoms in total. The lowest BCUT2D eigenvalue weighted by Crippen LogP contribution is -2.46. The van der Waals surface area contributed by atoms with Crippen molar-refractivity contribution in [1.82, 2.24) is 0 Å². The molecule has 0 fully saturated rings. The zero-order valence-corrected chi connectivity index (χ0v) is 28.3. The van der Waals surface area contributed by atoms with Gasteiger partial charge in [0.1, 0.15) is 35.2 Å². The van der Waals surface area contributed by atoms with Crippen molar-refractivity contribution < 1.29 is 59.3 Å². The van der Waals surface area contributed by atoms with E-state index in [4.69, 9.17) is 9.47 Å². The number of benzene rings is 4. The Morgan fingerprint density at radius 3 is 1.32 bits per heavy atom. The van der Waals surface area contributed by atoms with E-state index in [1.54, 1.807) is 13.8 Å². The van der Waals surface area contributed by atoms with Crippen LogP contribution in [0, 0.1) is 0 Å². The number of fused-ring (bicyclic) bond motifs is 4. The zero-order valence-electron chi connectivity index (χ0n) is 28.3. The first-order valence-electron chi connectivity index (χ1n) is 16.2. The van der Waals surface area contributed by atoms with Gasteiger partial charge in [0.15, 0.2) is 11.6 Å². The van der Waals surface area contributed by atoms with Gasteiger partial charge in [-0.3, -0.25) is 19.2 Å². The van der Waals surface area contributed by atoms with Crippen LogP contribution in [-0.2, 0) is 19.1 Å². The minimum Gasteiger partial charge on any atom is -0.507 e. The van der Waals surface area contributed by atoms with Crippen LogP contribution in [-0.4, -0.2) is 77.6 Å². The lowest BCUT2D eigenvalue weighted by molar-refractivity contribution is -0.151. The molecule has 4 aromatic rings. The van der Waals surface area contributed by atoms with Gasteiger partial charge in [-0.25, -0.2) is 0 Å². The van der Waals surface area contributed by atoms with Gasteiger partial charge >= 0.3 is 11.9 Å². The topological polar surface area (TPSA) is 208 Å². The highest BCUT2D eigenvalue weighted by Gasteiger charge is 2.49. The second-order valence-corrected chi connectivity index (χ2v) is 14.0. The minimum absolute atomic E-state index is 0.0278. The monoisotopic (exact) mass is 686 g/mol. The Hall–Kier alpha value is -5.20. The number of hydrogen-bond donors (Lipinski definition) is 6. The minimum atomic E-state index is -1.62. The maximum Gasteiger partial charge on any atom is 0.302 e. The maximum atomic E-state index is 13.3. The molecule has 4 aromatic carbocycles. The normalized spacial score (nSPS) is 24.4. The average Bonchev–Trinajstić information content (AvgIpc) is 2.95. The molecular formula is C38H38O12. The number of phenolic OH excluding ortho intramolecular Hbond substituents is 4. The number of phenols is 4. The summed E-state index contributed by atoms with van der Waals surface area (Å²) in [5, 5.41) is 69.1. The molecule has 6 rings (SSSR count). The fraction of sp³-hybridized carbons (Fsp3) is 0.368. The van der Waals surface area contributed by atoms with Gasteiger partial charge < -0.3 is 40.1 Å². The predicted molar refractivity (Wildman–Crippen MR) is 181 cm³/mol. The van der Waals surface area contributed by atoms with E-state index < -0.39 is 81.7 Å². The molecule has 6 atom stereocenters. The van der Waals surface area contributed by atoms with Gasteiger partial charge in [0.2, 0.25) is 0 Å². The van der Waals surface area contributed by atoms with E-state index >= 15 is 0 Å². The summed E-state index contributed by atoms with van der Waals surface area (Å²) in [5.74, 6) is -6.24. The van der Waals surface area contributed by atoms with Crippen LogP contribution in [0.25, 0.3) is 32.7 Å². The third-order valence-electron chi connectivity index (χ3n) is 10.1. The molecule has 1 unspecified atom stereocenters. The molecular weight excluding hydrogens is 648 g/mol. The van der Waals surface area contributed by atoms with Gasteiger partial charge in [-0.1, -0.05) is 12.1 Å². The van der Waals surface area contributed by atoms with Crippen molar-refractivity contribution in [2.24, 2.45) is 0 Å². The summed E-state index contributed by atoms with van der Waals surface area (Å²) in [6, 6.07) is 9.08. The average molecular weight is 687 g/mol. The molecule has 0 aliphatic heterocycles. The number of rotatable bonds is 5. The number of esters is 2. The Morgan fingerprint density at radius 1 is 0.660 bits per heavy atom. The van der Waals surface area contributed by atoms with E-state index in [1.165, 1.54) is 64.1 Å². The summed E-state index contributed by atoms with van der Waals surface area (Å²) in [4.78, 5) is 50.2. The molecule has 0 saturated heterocycles. The van der Waals surface area contributed by atoms with Crippen molar-refractivity contribution in [1.29, 1.82) is 0 Å². The summed E-state index contributed by atoms with van der Waals surface area (Å²) < 4.78 is 10.7. The number of carbonyl (C=O) groups is 4. The van der Waals surface area contributed by atoms with Gasteiger partial charge in [0.25, 0.3) is 0 Å². The second kappa shape index (κ2) is 11.7. The van der Waals surface area contributed by atoms with E-state index in [-0.39, 0.29) is 67.8 Å². The Morgan fingerprint density at radius 2 is 1.00 bits per heavy atom. The first kappa shape index (κ1) is 34.7. The Kier molecular flexibility index (Phi) is 8.11. The van der Waals surface area contributed by atoms with Crippen LogP contribution in [0.3, 0.4) is 0 Å². The van der Waals surface area contributed by atoms with Crippen LogP contribution >= 0.6 is 0 Å². The van der Waals surface area contributed by atoms with E-state index in [9.17, 15) is 49.8 Å². The Labute approximate surface area is 286 Å². The Balaban J connectivity index is 1.54. The fourth-order valence-electron chi connectivity index (χ4n) is 8.36. The molecule has 12 heteroatoms. The van der Waals surface area contributed by atoms with Crippen LogP contribution in [0.2, 0.25) is 0 Å². The maximum absolute atomic E-state index is 13.3. The zero-order chi connectivity index (χ0) is 36.8. The van der Waals surface area contributed by atoms with Gasteiger partial charge in [-0.15, -0.1) is 0 Å². The van der Waals surface area contributed by atoms with Gasteiger partial charge in [0.05, 0.1) is 44.9 Å². The molecule has 262 valence electrons. The van der Waals surface area contributed by atoms with Crippen LogP contribution < -0.4 is 0 Å². The number of Topliss-reactive ketones (excluding diaryl/α,β-unsaturated/α-hetero) is 2. The lowest BCUT2D eigenvalue weighted by atomic mass is 9.69. The predicted octanol–water partition coefficient (Wildman–Crippen LogP) is 5.23. The number of aromatic hydroxyl groups is 4. The SMILES string of the molecule is CC(=O)O[C@@H](C)C1c2cc3ccc(-c4ccc5cc6c(c(O)c5c4O)C(=O)C[C@](C)(O)[C@@H]6[C@@H](C)OC(C)=O)c(O)c3c(O)c2C(=O)C[C@]1(C)O. The van der Waals surface area contributed by atoms with Crippen molar-refractivity contribution in [3.05, 3.63) is 58.7 Å². The number of hydrogen-bond acceptors (Lipinski definition) is 12. The van der Waals surface area contributed by atoms with E-state index in [2.05, 4.69) is 0 Å². The molecule has 0 spiro atoms. The highest BCUT2D eigenvalue weighted by Crippen LogP contribution is 2.54. The van der Waals surface area contributed by atoms with Gasteiger partial charge in [-0.05, 0) is 73.9 Å². The fourth-order valence-corrected chi connectivity index (χ4v) is 8.36. The van der Waals surface area contributed by atoms with Crippen LogP contribution in [0.1, 0.15) is 98.1 Å². The van der Waals surface area contributed by atoms with E-state index in [1.807, 2.05) is 0 Å². The number of aliphatic hydroxyl groups is 2. The summed E-state index contributed by atoms with van der Waals surface area (Å²) in [6.07, 6.45) is -2.52. The summed E-state index contributed by atoms with van der Waals surface area (Å²) in [5.41, 5.74) is -2.97. The third kappa shape index (κ3) is 5.30. The third-order valence-corrected chi connectivity index (χ3v) is 10.1. The molecule has 6 N–H and O–H groups in total. The van der Waals surface area contributed by atoms with Crippen LogP contribution in [0.5, 0.6) is 23.0 Å². The molecule has 0 radical (unpaired) electrons. The van der Waals surface area contributed by atoms with Crippen molar-refractivity contribution in [3.8, 4) is 34.1 Å². The molecule has 2 aliphatic carbocycles. The molecule has 0 amide bonds. The standard InChI is InChI=1S/C38H38O12/c1-15(49-17(3)39)31-23-11-19-7-9-21(33(43)27(19)35(45)29(23)25(41)13-37(31,5)47)22-10-8-20-12-24-30(36(46)28(20)34(22)44)26(42)14-38(6,48)32(24)16(2)50-18(4)40/h7-12,15-16,31-32,43-48H,13-14H2,1-6H3/t15-,16+,31-,32?,37+,38+/m1/s1. The number of ketones is 2. The summed E-state index contributed by atoms with van der Waals surface area (Å²) >= 11 is 0. The summed E-state index contributed by atoms with van der Waals surface area (Å²) in [7, 11) is 0. The van der Waals surface area contributed by atoms with Crippen molar-refractivity contribution in [2.45, 2.75) is 89.6 Å².